The zero-order chi connectivity index (χ0) is 14.8. The number of hydrogen-bond acceptors (Lipinski definition) is 5. The number of nitro groups is 1. The van der Waals surface area contributed by atoms with Crippen LogP contribution in [0.15, 0.2) is 42.2 Å². The average Bonchev–Trinajstić information content (AvgIpc) is 3.10. The molecular formula is C13H9FN4O2S. The Labute approximate surface area is 122 Å². The lowest BCUT2D eigenvalue weighted by Crippen LogP contribution is -1.96. The summed E-state index contributed by atoms with van der Waals surface area (Å²) >= 11 is 1.44. The van der Waals surface area contributed by atoms with Gasteiger partial charge in [-0.3, -0.25) is 0 Å². The molecule has 2 heterocycles. The fraction of sp³-hybridized carbons (Fsp3) is 0.0769. The van der Waals surface area contributed by atoms with Gasteiger partial charge < -0.3 is 14.7 Å². The SMILES string of the molecule is O=[N+]([O-])c1cn(Cc2csc(-c3ccc(F)cc3)n2)cn1. The van der Waals surface area contributed by atoms with Gasteiger partial charge in [-0.25, -0.2) is 9.37 Å². The fourth-order valence-electron chi connectivity index (χ4n) is 1.82. The van der Waals surface area contributed by atoms with Crippen molar-refractivity contribution in [1.82, 2.24) is 14.5 Å². The molecule has 3 aromatic rings. The van der Waals surface area contributed by atoms with Gasteiger partial charge >= 0.3 is 5.82 Å². The van der Waals surface area contributed by atoms with Crippen molar-refractivity contribution in [2.24, 2.45) is 0 Å². The largest absolute Gasteiger partial charge is 0.381 e. The van der Waals surface area contributed by atoms with E-state index in [-0.39, 0.29) is 11.6 Å². The molecule has 21 heavy (non-hydrogen) atoms. The second-order valence-electron chi connectivity index (χ2n) is 4.31. The Morgan fingerprint density at radius 2 is 2.10 bits per heavy atom. The summed E-state index contributed by atoms with van der Waals surface area (Å²) in [4.78, 5) is 18.2. The van der Waals surface area contributed by atoms with Crippen molar-refractivity contribution in [2.75, 3.05) is 0 Å². The monoisotopic (exact) mass is 304 g/mol. The minimum Gasteiger partial charge on any atom is -0.358 e. The first-order chi connectivity index (χ1) is 10.1. The van der Waals surface area contributed by atoms with Crippen molar-refractivity contribution in [3.05, 3.63) is 63.8 Å². The number of imidazole rings is 1. The number of halogens is 1. The fourth-order valence-corrected chi connectivity index (χ4v) is 2.64. The third-order valence-corrected chi connectivity index (χ3v) is 3.73. The Morgan fingerprint density at radius 1 is 1.33 bits per heavy atom. The highest BCUT2D eigenvalue weighted by molar-refractivity contribution is 7.13. The van der Waals surface area contributed by atoms with Crippen molar-refractivity contribution in [2.45, 2.75) is 6.54 Å². The molecule has 0 N–H and O–H groups in total. The topological polar surface area (TPSA) is 73.8 Å². The third kappa shape index (κ3) is 2.95. The van der Waals surface area contributed by atoms with E-state index < -0.39 is 4.92 Å². The Morgan fingerprint density at radius 3 is 2.76 bits per heavy atom. The van der Waals surface area contributed by atoms with Crippen LogP contribution in [0.4, 0.5) is 10.2 Å². The van der Waals surface area contributed by atoms with Crippen LogP contribution in [0.5, 0.6) is 0 Å². The maximum atomic E-state index is 12.9. The van der Waals surface area contributed by atoms with Crippen molar-refractivity contribution in [3.63, 3.8) is 0 Å². The van der Waals surface area contributed by atoms with Gasteiger partial charge in [-0.2, -0.15) is 0 Å². The molecule has 0 radical (unpaired) electrons. The van der Waals surface area contributed by atoms with Crippen LogP contribution in [0.25, 0.3) is 10.6 Å². The zero-order valence-electron chi connectivity index (χ0n) is 10.6. The molecule has 106 valence electrons. The maximum absolute atomic E-state index is 12.9. The second-order valence-corrected chi connectivity index (χ2v) is 5.17. The second kappa shape index (κ2) is 5.41. The number of hydrogen-bond donors (Lipinski definition) is 0. The smallest absolute Gasteiger partial charge is 0.358 e. The summed E-state index contributed by atoms with van der Waals surface area (Å²) in [5, 5.41) is 13.2. The van der Waals surface area contributed by atoms with Gasteiger partial charge in [0, 0.05) is 10.9 Å². The normalized spacial score (nSPS) is 10.7. The predicted molar refractivity (Wildman–Crippen MR) is 75.5 cm³/mol. The minimum absolute atomic E-state index is 0.191. The van der Waals surface area contributed by atoms with E-state index in [1.807, 2.05) is 5.38 Å². The molecule has 0 unspecified atom stereocenters. The number of aromatic nitrogens is 3. The lowest BCUT2D eigenvalue weighted by molar-refractivity contribution is -0.389. The maximum Gasteiger partial charge on any atom is 0.381 e. The van der Waals surface area contributed by atoms with E-state index in [4.69, 9.17) is 0 Å². The average molecular weight is 304 g/mol. The molecule has 0 atom stereocenters. The van der Waals surface area contributed by atoms with Gasteiger partial charge in [-0.15, -0.1) is 11.3 Å². The molecule has 0 spiro atoms. The van der Waals surface area contributed by atoms with E-state index in [0.29, 0.717) is 6.54 Å². The van der Waals surface area contributed by atoms with Gasteiger partial charge in [0.05, 0.1) is 12.2 Å². The predicted octanol–water partition coefficient (Wildman–Crippen LogP) is 3.10. The van der Waals surface area contributed by atoms with Crippen LogP contribution in [-0.4, -0.2) is 19.5 Å². The molecule has 1 aromatic carbocycles. The van der Waals surface area contributed by atoms with Gasteiger partial charge in [-0.05, 0) is 34.2 Å². The van der Waals surface area contributed by atoms with Gasteiger partial charge in [0.1, 0.15) is 17.0 Å². The quantitative estimate of drug-likeness (QED) is 0.548. The van der Waals surface area contributed by atoms with Crippen LogP contribution in [0.2, 0.25) is 0 Å². The zero-order valence-corrected chi connectivity index (χ0v) is 11.5. The molecule has 0 saturated heterocycles. The van der Waals surface area contributed by atoms with Crippen molar-refractivity contribution < 1.29 is 9.31 Å². The molecule has 8 heteroatoms. The summed E-state index contributed by atoms with van der Waals surface area (Å²) in [6.45, 7) is 0.401. The molecule has 0 saturated carbocycles. The highest BCUT2D eigenvalue weighted by atomic mass is 32.1. The molecular weight excluding hydrogens is 295 g/mol. The first-order valence-corrected chi connectivity index (χ1v) is 6.86. The number of thiazole rings is 1. The first-order valence-electron chi connectivity index (χ1n) is 5.98. The molecule has 0 amide bonds. The standard InChI is InChI=1S/C13H9FN4O2S/c14-10-3-1-9(2-4-10)13-16-11(7-21-13)5-17-6-12(15-8-17)18(19)20/h1-4,6-8H,5H2. The summed E-state index contributed by atoms with van der Waals surface area (Å²) in [6, 6.07) is 6.10. The van der Waals surface area contributed by atoms with Crippen LogP contribution < -0.4 is 0 Å². The summed E-state index contributed by atoms with van der Waals surface area (Å²) < 4.78 is 14.5. The van der Waals surface area contributed by atoms with Crippen molar-refractivity contribution >= 4 is 17.2 Å². The Hall–Kier alpha value is -2.61. The van der Waals surface area contributed by atoms with Gasteiger partial charge in [0.2, 0.25) is 6.33 Å². The van der Waals surface area contributed by atoms with Gasteiger partial charge in [0.25, 0.3) is 0 Å². The summed E-state index contributed by atoms with van der Waals surface area (Å²) in [5.41, 5.74) is 1.61. The molecule has 0 aliphatic rings. The van der Waals surface area contributed by atoms with Crippen LogP contribution in [0.3, 0.4) is 0 Å². The van der Waals surface area contributed by atoms with Crippen LogP contribution in [0, 0.1) is 15.9 Å². The van der Waals surface area contributed by atoms with E-state index in [1.54, 1.807) is 16.7 Å². The molecule has 0 fully saturated rings. The highest BCUT2D eigenvalue weighted by Crippen LogP contribution is 2.24. The number of benzene rings is 1. The summed E-state index contributed by atoms with van der Waals surface area (Å²) in [5.74, 6) is -0.481. The molecule has 0 aliphatic heterocycles. The van der Waals surface area contributed by atoms with Crippen molar-refractivity contribution in [1.29, 1.82) is 0 Å². The molecule has 2 aromatic heterocycles. The van der Waals surface area contributed by atoms with E-state index in [1.165, 1.54) is 36.0 Å². The van der Waals surface area contributed by atoms with Crippen LogP contribution >= 0.6 is 11.3 Å². The first kappa shape index (κ1) is 13.4. The van der Waals surface area contributed by atoms with Crippen molar-refractivity contribution in [3.8, 4) is 10.6 Å². The van der Waals surface area contributed by atoms with E-state index >= 15 is 0 Å². The highest BCUT2D eigenvalue weighted by Gasteiger charge is 2.11. The van der Waals surface area contributed by atoms with Crippen LogP contribution in [-0.2, 0) is 6.54 Å². The molecule has 0 aliphatic carbocycles. The Balaban J connectivity index is 1.78. The van der Waals surface area contributed by atoms with E-state index in [9.17, 15) is 14.5 Å². The van der Waals surface area contributed by atoms with Gasteiger partial charge in [-0.1, -0.05) is 0 Å². The molecule has 0 bridgehead atoms. The minimum atomic E-state index is -0.540. The molecule has 6 nitrogen and oxygen atoms in total. The van der Waals surface area contributed by atoms with E-state index in [2.05, 4.69) is 9.97 Å². The Kier molecular flexibility index (Phi) is 3.44. The lowest BCUT2D eigenvalue weighted by Gasteiger charge is -1.97. The lowest BCUT2D eigenvalue weighted by atomic mass is 10.2. The van der Waals surface area contributed by atoms with E-state index in [0.717, 1.165) is 16.3 Å². The Bertz CT molecular complexity index is 782. The summed E-state index contributed by atoms with van der Waals surface area (Å²) in [7, 11) is 0. The van der Waals surface area contributed by atoms with Crippen LogP contribution in [0.1, 0.15) is 5.69 Å². The third-order valence-electron chi connectivity index (χ3n) is 2.79. The number of rotatable bonds is 4. The number of nitrogens with zero attached hydrogens (tertiary/aromatic N) is 4. The van der Waals surface area contributed by atoms with Gasteiger partial charge in [0.15, 0.2) is 0 Å². The summed E-state index contributed by atoms with van der Waals surface area (Å²) in [6.07, 6.45) is 2.76. The molecule has 3 rings (SSSR count).